The summed E-state index contributed by atoms with van der Waals surface area (Å²) in [6.45, 7) is -0.0507. The maximum atomic E-state index is 10.5. The highest BCUT2D eigenvalue weighted by Gasteiger charge is 2.12. The third-order valence-corrected chi connectivity index (χ3v) is 1.94. The zero-order chi connectivity index (χ0) is 9.61. The second kappa shape index (κ2) is 5.44. The van der Waals surface area contributed by atoms with Crippen molar-refractivity contribution in [1.29, 1.82) is 0 Å². The molecule has 0 aliphatic rings. The summed E-state index contributed by atoms with van der Waals surface area (Å²) in [6, 6.07) is 0. The number of hydrogen-bond donors (Lipinski definition) is 2. The van der Waals surface area contributed by atoms with Gasteiger partial charge in [-0.1, -0.05) is 0 Å². The number of hydrogen-bond acceptors (Lipinski definition) is 6. The Kier molecular flexibility index (Phi) is 5.34. The van der Waals surface area contributed by atoms with Gasteiger partial charge in [-0.05, 0) is 13.0 Å². The van der Waals surface area contributed by atoms with Crippen molar-refractivity contribution in [1.82, 2.24) is 0 Å². The fourth-order valence-corrected chi connectivity index (χ4v) is 0.906. The molecule has 0 amide bonds. The molecule has 0 spiro atoms. The molecule has 0 heterocycles. The number of rotatable bonds is 6. The van der Waals surface area contributed by atoms with Crippen molar-refractivity contribution in [2.45, 2.75) is 12.5 Å². The Hall–Kier alpha value is -0.210. The number of aliphatic hydroxyl groups is 1. The molecule has 0 aliphatic carbocycles. The predicted molar refractivity (Wildman–Crippen MR) is 41.6 cm³/mol. The molecule has 0 radical (unpaired) electrons. The van der Waals surface area contributed by atoms with Crippen LogP contribution in [0.15, 0.2) is 0 Å². The van der Waals surface area contributed by atoms with Crippen molar-refractivity contribution < 1.29 is 21.9 Å². The van der Waals surface area contributed by atoms with Gasteiger partial charge in [-0.3, -0.25) is 4.18 Å². The van der Waals surface area contributed by atoms with E-state index in [9.17, 15) is 8.42 Å². The van der Waals surface area contributed by atoms with Crippen LogP contribution in [0.4, 0.5) is 0 Å². The molecular weight excluding hydrogens is 186 g/mol. The molecule has 0 rings (SSSR count). The minimum atomic E-state index is -3.93. The SMILES string of the molecule is COS(=O)(=O)OCC(O)CCN. The molecule has 0 saturated heterocycles. The van der Waals surface area contributed by atoms with E-state index in [-0.39, 0.29) is 13.2 Å². The van der Waals surface area contributed by atoms with Gasteiger partial charge in [0.1, 0.15) is 0 Å². The first-order valence-electron chi connectivity index (χ1n) is 3.35. The van der Waals surface area contributed by atoms with Gasteiger partial charge in [0.25, 0.3) is 0 Å². The first-order valence-corrected chi connectivity index (χ1v) is 4.68. The zero-order valence-corrected chi connectivity index (χ0v) is 7.58. The highest BCUT2D eigenvalue weighted by atomic mass is 32.3. The van der Waals surface area contributed by atoms with Crippen LogP contribution in [0.25, 0.3) is 0 Å². The van der Waals surface area contributed by atoms with E-state index in [0.717, 1.165) is 7.11 Å². The standard InChI is InChI=1S/C5H13NO5S/c1-10-12(8,9)11-4-5(7)2-3-6/h5,7H,2-4,6H2,1H3. The van der Waals surface area contributed by atoms with E-state index in [4.69, 9.17) is 10.8 Å². The average molecular weight is 199 g/mol. The largest absolute Gasteiger partial charge is 0.399 e. The predicted octanol–water partition coefficient (Wildman–Crippen LogP) is -1.40. The molecule has 0 fully saturated rings. The molecule has 0 saturated carbocycles. The summed E-state index contributed by atoms with van der Waals surface area (Å²) in [5.74, 6) is 0. The quantitative estimate of drug-likeness (QED) is 0.546. The average Bonchev–Trinajstić information content (AvgIpc) is 2.02. The minimum Gasteiger partial charge on any atom is -0.391 e. The highest BCUT2D eigenvalue weighted by Crippen LogP contribution is 1.97. The van der Waals surface area contributed by atoms with Gasteiger partial charge < -0.3 is 10.8 Å². The van der Waals surface area contributed by atoms with E-state index in [0.29, 0.717) is 6.42 Å². The van der Waals surface area contributed by atoms with Gasteiger partial charge in [0.05, 0.1) is 19.8 Å². The molecule has 1 atom stereocenters. The van der Waals surface area contributed by atoms with E-state index in [1.165, 1.54) is 0 Å². The number of nitrogens with two attached hydrogens (primary N) is 1. The van der Waals surface area contributed by atoms with Crippen LogP contribution in [-0.2, 0) is 18.8 Å². The van der Waals surface area contributed by atoms with Gasteiger partial charge in [0.2, 0.25) is 0 Å². The van der Waals surface area contributed by atoms with E-state index in [1.807, 2.05) is 0 Å². The lowest BCUT2D eigenvalue weighted by Gasteiger charge is -2.08. The Balaban J connectivity index is 3.68. The molecule has 12 heavy (non-hydrogen) atoms. The third-order valence-electron chi connectivity index (χ3n) is 1.11. The van der Waals surface area contributed by atoms with Crippen molar-refractivity contribution in [2.24, 2.45) is 5.73 Å². The van der Waals surface area contributed by atoms with E-state index < -0.39 is 16.5 Å². The van der Waals surface area contributed by atoms with Gasteiger partial charge in [-0.15, -0.1) is 0 Å². The molecule has 3 N–H and O–H groups in total. The van der Waals surface area contributed by atoms with E-state index >= 15 is 0 Å². The van der Waals surface area contributed by atoms with Crippen molar-refractivity contribution >= 4 is 10.4 Å². The Bertz CT molecular complexity index is 202. The van der Waals surface area contributed by atoms with Gasteiger partial charge in [0.15, 0.2) is 0 Å². The van der Waals surface area contributed by atoms with Crippen LogP contribution in [0.1, 0.15) is 6.42 Å². The van der Waals surface area contributed by atoms with Gasteiger partial charge in [0, 0.05) is 0 Å². The summed E-state index contributed by atoms with van der Waals surface area (Å²) in [7, 11) is -2.96. The van der Waals surface area contributed by atoms with Gasteiger partial charge in [-0.2, -0.15) is 8.42 Å². The van der Waals surface area contributed by atoms with Crippen molar-refractivity contribution in [3.8, 4) is 0 Å². The summed E-state index contributed by atoms with van der Waals surface area (Å²) in [5, 5.41) is 8.98. The first-order chi connectivity index (χ1) is 5.52. The fraction of sp³-hybridized carbons (Fsp3) is 1.00. The van der Waals surface area contributed by atoms with Crippen molar-refractivity contribution in [3.63, 3.8) is 0 Å². The second-order valence-corrected chi connectivity index (χ2v) is 3.48. The summed E-state index contributed by atoms with van der Waals surface area (Å²) in [6.07, 6.45) is -0.584. The van der Waals surface area contributed by atoms with Gasteiger partial charge in [-0.25, -0.2) is 4.18 Å². The molecule has 7 heteroatoms. The Morgan fingerprint density at radius 2 is 2.17 bits per heavy atom. The summed E-state index contributed by atoms with van der Waals surface area (Å²) in [5.41, 5.74) is 5.11. The molecule has 0 aromatic carbocycles. The fourth-order valence-electron chi connectivity index (χ4n) is 0.486. The van der Waals surface area contributed by atoms with Gasteiger partial charge >= 0.3 is 10.4 Å². The normalized spacial score (nSPS) is 14.6. The molecule has 0 aromatic heterocycles. The van der Waals surface area contributed by atoms with Crippen LogP contribution < -0.4 is 5.73 Å². The molecule has 0 aromatic rings. The monoisotopic (exact) mass is 199 g/mol. The molecule has 74 valence electrons. The Morgan fingerprint density at radius 1 is 1.58 bits per heavy atom. The highest BCUT2D eigenvalue weighted by molar-refractivity contribution is 7.81. The molecule has 1 unspecified atom stereocenters. The van der Waals surface area contributed by atoms with Crippen LogP contribution in [0.5, 0.6) is 0 Å². The van der Waals surface area contributed by atoms with E-state index in [1.54, 1.807) is 0 Å². The minimum absolute atomic E-state index is 0.275. The lowest BCUT2D eigenvalue weighted by molar-refractivity contribution is 0.0951. The summed E-state index contributed by atoms with van der Waals surface area (Å²) < 4.78 is 29.3. The molecular formula is C5H13NO5S. The van der Waals surface area contributed by atoms with E-state index in [2.05, 4.69) is 8.37 Å². The maximum Gasteiger partial charge on any atom is 0.399 e. The number of aliphatic hydroxyl groups excluding tert-OH is 1. The van der Waals surface area contributed by atoms with Crippen LogP contribution in [-0.4, -0.2) is 39.9 Å². The Morgan fingerprint density at radius 3 is 2.58 bits per heavy atom. The summed E-state index contributed by atoms with van der Waals surface area (Å²) in [4.78, 5) is 0. The smallest absolute Gasteiger partial charge is 0.391 e. The van der Waals surface area contributed by atoms with Crippen molar-refractivity contribution in [3.05, 3.63) is 0 Å². The molecule has 0 bridgehead atoms. The Labute approximate surface area is 71.6 Å². The zero-order valence-electron chi connectivity index (χ0n) is 6.76. The second-order valence-electron chi connectivity index (χ2n) is 2.09. The van der Waals surface area contributed by atoms with Crippen LogP contribution in [0, 0.1) is 0 Å². The summed E-state index contributed by atoms with van der Waals surface area (Å²) >= 11 is 0. The molecule has 6 nitrogen and oxygen atoms in total. The van der Waals surface area contributed by atoms with Crippen molar-refractivity contribution in [2.75, 3.05) is 20.3 Å². The van der Waals surface area contributed by atoms with Crippen LogP contribution >= 0.6 is 0 Å². The third kappa shape index (κ3) is 5.44. The lowest BCUT2D eigenvalue weighted by Crippen LogP contribution is -2.22. The van der Waals surface area contributed by atoms with Crippen LogP contribution in [0.3, 0.4) is 0 Å². The first kappa shape index (κ1) is 11.8. The molecule has 0 aliphatic heterocycles. The topological polar surface area (TPSA) is 98.9 Å². The van der Waals surface area contributed by atoms with Crippen LogP contribution in [0.2, 0.25) is 0 Å². The maximum absolute atomic E-state index is 10.5. The lowest BCUT2D eigenvalue weighted by atomic mass is 10.3.